The monoisotopic (exact) mass is 452 g/mol. The summed E-state index contributed by atoms with van der Waals surface area (Å²) in [5, 5.41) is 4.32. The Hall–Kier alpha value is -2.29. The van der Waals surface area contributed by atoms with Gasteiger partial charge in [-0.15, -0.1) is 0 Å². The lowest BCUT2D eigenvalue weighted by atomic mass is 10.2. The van der Waals surface area contributed by atoms with E-state index in [9.17, 15) is 9.59 Å². The summed E-state index contributed by atoms with van der Waals surface area (Å²) in [4.78, 5) is 32.2. The van der Waals surface area contributed by atoms with Crippen LogP contribution in [0.15, 0.2) is 27.8 Å². The van der Waals surface area contributed by atoms with E-state index in [0.717, 1.165) is 24.2 Å². The van der Waals surface area contributed by atoms with Gasteiger partial charge in [-0.2, -0.15) is 4.98 Å². The van der Waals surface area contributed by atoms with Crippen molar-refractivity contribution in [2.24, 2.45) is 14.1 Å². The minimum atomic E-state index is -0.428. The van der Waals surface area contributed by atoms with E-state index in [1.165, 1.54) is 11.6 Å². The summed E-state index contributed by atoms with van der Waals surface area (Å²) >= 11 is 12.8. The van der Waals surface area contributed by atoms with E-state index >= 15 is 0 Å². The van der Waals surface area contributed by atoms with Crippen LogP contribution in [0.5, 0.6) is 0 Å². The zero-order valence-corrected chi connectivity index (χ0v) is 19.1. The quantitative estimate of drug-likeness (QED) is 0.568. The Bertz CT molecular complexity index is 1160. The molecule has 0 radical (unpaired) electrons. The van der Waals surface area contributed by atoms with Crippen molar-refractivity contribution in [3.8, 4) is 0 Å². The number of imidazole rings is 1. The van der Waals surface area contributed by atoms with Gasteiger partial charge in [0.15, 0.2) is 11.2 Å². The maximum Gasteiger partial charge on any atom is 0.332 e. The molecule has 1 N–H and O–H groups in total. The topological polar surface area (TPSA) is 77.1 Å². The van der Waals surface area contributed by atoms with Gasteiger partial charge in [0.1, 0.15) is 0 Å². The number of aromatic nitrogens is 4. The molecule has 0 saturated heterocycles. The molecule has 0 saturated carbocycles. The maximum atomic E-state index is 13.0. The summed E-state index contributed by atoms with van der Waals surface area (Å²) in [6, 6.07) is 5.28. The highest BCUT2D eigenvalue weighted by molar-refractivity contribution is 6.36. The van der Waals surface area contributed by atoms with Crippen LogP contribution in [0.1, 0.15) is 19.4 Å². The number of hydrogen-bond acceptors (Lipinski definition) is 5. The van der Waals surface area contributed by atoms with Gasteiger partial charge in [-0.1, -0.05) is 43.1 Å². The molecule has 0 spiro atoms. The predicted molar refractivity (Wildman–Crippen MR) is 122 cm³/mol. The van der Waals surface area contributed by atoms with Crippen LogP contribution in [0.2, 0.25) is 10.0 Å². The van der Waals surface area contributed by atoms with Crippen LogP contribution in [0.4, 0.5) is 5.95 Å². The second-order valence-corrected chi connectivity index (χ2v) is 7.87. The Morgan fingerprint density at radius 1 is 1.07 bits per heavy atom. The summed E-state index contributed by atoms with van der Waals surface area (Å²) in [5.41, 5.74) is 0.476. The molecule has 0 aliphatic carbocycles. The number of anilines is 1. The number of halogens is 2. The molecule has 3 aromatic rings. The molecule has 0 fully saturated rings. The summed E-state index contributed by atoms with van der Waals surface area (Å²) in [5.74, 6) is 0.492. The third-order valence-corrected chi connectivity index (χ3v) is 6.04. The van der Waals surface area contributed by atoms with Crippen molar-refractivity contribution in [3.05, 3.63) is 54.6 Å². The first kappa shape index (κ1) is 22.4. The number of nitrogens with one attached hydrogen (secondary N) is 1. The number of aryl methyl sites for hydroxylation is 1. The molecular formula is C20H26Cl2N6O2. The number of likely N-dealkylation sites (N-methyl/N-ethyl adjacent to an activating group) is 1. The Labute approximate surface area is 184 Å². The first-order valence-electron chi connectivity index (χ1n) is 9.85. The first-order valence-corrected chi connectivity index (χ1v) is 10.6. The highest BCUT2D eigenvalue weighted by Gasteiger charge is 2.20. The van der Waals surface area contributed by atoms with Crippen molar-refractivity contribution >= 4 is 40.3 Å². The van der Waals surface area contributed by atoms with Gasteiger partial charge in [0.05, 0.1) is 6.54 Å². The van der Waals surface area contributed by atoms with Crippen LogP contribution in [0, 0.1) is 0 Å². The number of nitrogens with zero attached hydrogens (tertiary/aromatic N) is 5. The van der Waals surface area contributed by atoms with Gasteiger partial charge in [-0.3, -0.25) is 18.5 Å². The average Bonchev–Trinajstić information content (AvgIpc) is 3.09. The second kappa shape index (κ2) is 9.24. The average molecular weight is 453 g/mol. The molecule has 0 aliphatic rings. The van der Waals surface area contributed by atoms with Crippen LogP contribution in [0.25, 0.3) is 11.2 Å². The van der Waals surface area contributed by atoms with Crippen molar-refractivity contribution < 1.29 is 0 Å². The fraction of sp³-hybridized carbons (Fsp3) is 0.450. The maximum absolute atomic E-state index is 13.0. The van der Waals surface area contributed by atoms with Gasteiger partial charge < -0.3 is 10.2 Å². The van der Waals surface area contributed by atoms with Gasteiger partial charge >= 0.3 is 5.69 Å². The number of benzene rings is 1. The molecule has 1 aromatic carbocycles. The number of rotatable bonds is 8. The van der Waals surface area contributed by atoms with Gasteiger partial charge in [-0.05, 0) is 25.2 Å². The van der Waals surface area contributed by atoms with Gasteiger partial charge in [0, 0.05) is 42.8 Å². The van der Waals surface area contributed by atoms with Crippen LogP contribution >= 0.6 is 23.2 Å². The minimum Gasteiger partial charge on any atom is -0.354 e. The largest absolute Gasteiger partial charge is 0.354 e. The van der Waals surface area contributed by atoms with E-state index in [1.807, 2.05) is 0 Å². The van der Waals surface area contributed by atoms with Crippen LogP contribution in [-0.2, 0) is 20.6 Å². The molecule has 8 nitrogen and oxygen atoms in total. The molecule has 0 atom stereocenters. The zero-order valence-electron chi connectivity index (χ0n) is 17.6. The summed E-state index contributed by atoms with van der Waals surface area (Å²) in [6.45, 7) is 7.80. The van der Waals surface area contributed by atoms with Crippen molar-refractivity contribution in [3.63, 3.8) is 0 Å². The predicted octanol–water partition coefficient (Wildman–Crippen LogP) is 2.54. The van der Waals surface area contributed by atoms with E-state index < -0.39 is 11.2 Å². The molecule has 0 unspecified atom stereocenters. The van der Waals surface area contributed by atoms with Gasteiger partial charge in [0.25, 0.3) is 5.56 Å². The second-order valence-electron chi connectivity index (χ2n) is 7.05. The zero-order chi connectivity index (χ0) is 22.0. The van der Waals surface area contributed by atoms with E-state index in [-0.39, 0.29) is 6.54 Å². The molecule has 0 bridgehead atoms. The third kappa shape index (κ3) is 4.12. The smallest absolute Gasteiger partial charge is 0.332 e. The standard InChI is InChI=1S/C20H26Cl2N6O2/c1-5-27(6-2)11-10-23-19-24-17-16(18(29)26(4)20(30)25(17)3)28(19)12-13-14(21)8-7-9-15(13)22/h7-9H,5-6,10-12H2,1-4H3,(H,23,24). The molecule has 0 amide bonds. The minimum absolute atomic E-state index is 0.246. The van der Waals surface area contributed by atoms with Gasteiger partial charge in [-0.25, -0.2) is 4.79 Å². The van der Waals surface area contributed by atoms with E-state index in [4.69, 9.17) is 23.2 Å². The molecule has 10 heteroatoms. The Morgan fingerprint density at radius 2 is 1.70 bits per heavy atom. The Balaban J connectivity index is 2.13. The molecule has 30 heavy (non-hydrogen) atoms. The van der Waals surface area contributed by atoms with E-state index in [0.29, 0.717) is 39.3 Å². The third-order valence-electron chi connectivity index (χ3n) is 5.33. The molecule has 162 valence electrons. The van der Waals surface area contributed by atoms with Crippen molar-refractivity contribution in [2.75, 3.05) is 31.5 Å². The van der Waals surface area contributed by atoms with E-state index in [1.54, 1.807) is 29.8 Å². The lowest BCUT2D eigenvalue weighted by molar-refractivity contribution is 0.315. The SMILES string of the molecule is CCN(CC)CCNc1nc2c(c(=O)n(C)c(=O)n2C)n1Cc1c(Cl)cccc1Cl. The van der Waals surface area contributed by atoms with Crippen molar-refractivity contribution in [2.45, 2.75) is 20.4 Å². The molecule has 2 aromatic heterocycles. The molecular weight excluding hydrogens is 427 g/mol. The molecule has 0 aliphatic heterocycles. The summed E-state index contributed by atoms with van der Waals surface area (Å²) in [7, 11) is 3.06. The fourth-order valence-corrected chi connectivity index (χ4v) is 3.96. The number of hydrogen-bond donors (Lipinski definition) is 1. The normalized spacial score (nSPS) is 11.6. The Morgan fingerprint density at radius 3 is 2.30 bits per heavy atom. The lowest BCUT2D eigenvalue weighted by Gasteiger charge is -2.18. The van der Waals surface area contributed by atoms with Crippen molar-refractivity contribution in [1.82, 2.24) is 23.6 Å². The van der Waals surface area contributed by atoms with Crippen molar-refractivity contribution in [1.29, 1.82) is 0 Å². The first-order chi connectivity index (χ1) is 14.3. The summed E-state index contributed by atoms with van der Waals surface area (Å²) in [6.07, 6.45) is 0. The Kier molecular flexibility index (Phi) is 6.90. The number of fused-ring (bicyclic) bond motifs is 1. The molecule has 3 rings (SSSR count). The fourth-order valence-electron chi connectivity index (χ4n) is 3.44. The lowest BCUT2D eigenvalue weighted by Crippen LogP contribution is -2.37. The van der Waals surface area contributed by atoms with Crippen LogP contribution in [0.3, 0.4) is 0 Å². The van der Waals surface area contributed by atoms with E-state index in [2.05, 4.69) is 29.0 Å². The summed E-state index contributed by atoms with van der Waals surface area (Å²) < 4.78 is 4.19. The van der Waals surface area contributed by atoms with Gasteiger partial charge in [0.2, 0.25) is 5.95 Å². The highest BCUT2D eigenvalue weighted by Crippen LogP contribution is 2.27. The van der Waals surface area contributed by atoms with Crippen LogP contribution < -0.4 is 16.6 Å². The van der Waals surface area contributed by atoms with Crippen LogP contribution in [-0.4, -0.2) is 49.8 Å². The highest BCUT2D eigenvalue weighted by atomic mass is 35.5. The molecule has 2 heterocycles.